The van der Waals surface area contributed by atoms with Crippen LogP contribution >= 0.6 is 0 Å². The van der Waals surface area contributed by atoms with Gasteiger partial charge < -0.3 is 5.73 Å². The molecule has 1 fully saturated rings. The molecule has 0 aliphatic heterocycles. The molecule has 0 aromatic heterocycles. The molecule has 0 amide bonds. The van der Waals surface area contributed by atoms with Gasteiger partial charge in [0.25, 0.3) is 0 Å². The molecule has 3 unspecified atom stereocenters. The molecule has 1 aliphatic rings. The van der Waals surface area contributed by atoms with Crippen LogP contribution in [-0.2, 0) is 0 Å². The SMILES string of the molecule is CC(C)C1CCC(CN)C(CCCC(C)(C)C)C1. The predicted octanol–water partition coefficient (Wildman–Crippen LogP) is 4.85. The summed E-state index contributed by atoms with van der Waals surface area (Å²) in [4.78, 5) is 0. The Balaban J connectivity index is 2.43. The summed E-state index contributed by atoms with van der Waals surface area (Å²) in [7, 11) is 0. The molecule has 1 heteroatoms. The molecular formula is C17H35N. The summed E-state index contributed by atoms with van der Waals surface area (Å²) in [5.74, 6) is 3.51. The molecule has 1 saturated carbocycles. The maximum absolute atomic E-state index is 5.97. The third-order valence-corrected chi connectivity index (χ3v) is 4.93. The van der Waals surface area contributed by atoms with Gasteiger partial charge in [-0.05, 0) is 61.3 Å². The monoisotopic (exact) mass is 253 g/mol. The van der Waals surface area contributed by atoms with Gasteiger partial charge in [-0.2, -0.15) is 0 Å². The van der Waals surface area contributed by atoms with Gasteiger partial charge in [-0.15, -0.1) is 0 Å². The zero-order valence-electron chi connectivity index (χ0n) is 13.3. The second-order valence-electron chi connectivity index (χ2n) is 8.03. The molecule has 0 saturated heterocycles. The molecular weight excluding hydrogens is 218 g/mol. The van der Waals surface area contributed by atoms with Crippen LogP contribution in [0.4, 0.5) is 0 Å². The molecule has 18 heavy (non-hydrogen) atoms. The Morgan fingerprint density at radius 1 is 1.11 bits per heavy atom. The third-order valence-electron chi connectivity index (χ3n) is 4.93. The molecule has 3 atom stereocenters. The highest BCUT2D eigenvalue weighted by Crippen LogP contribution is 2.40. The van der Waals surface area contributed by atoms with Crippen LogP contribution in [0.1, 0.15) is 73.1 Å². The van der Waals surface area contributed by atoms with Gasteiger partial charge in [0.05, 0.1) is 0 Å². The van der Waals surface area contributed by atoms with Crippen LogP contribution in [0.3, 0.4) is 0 Å². The molecule has 0 bridgehead atoms. The Morgan fingerprint density at radius 2 is 1.78 bits per heavy atom. The van der Waals surface area contributed by atoms with E-state index in [2.05, 4.69) is 34.6 Å². The van der Waals surface area contributed by atoms with E-state index in [4.69, 9.17) is 5.73 Å². The van der Waals surface area contributed by atoms with Crippen molar-refractivity contribution < 1.29 is 0 Å². The second-order valence-corrected chi connectivity index (χ2v) is 8.03. The molecule has 2 N–H and O–H groups in total. The van der Waals surface area contributed by atoms with Crippen molar-refractivity contribution in [3.63, 3.8) is 0 Å². The summed E-state index contributed by atoms with van der Waals surface area (Å²) in [6, 6.07) is 0. The zero-order chi connectivity index (χ0) is 13.8. The molecule has 0 radical (unpaired) electrons. The molecule has 0 aromatic carbocycles. The van der Waals surface area contributed by atoms with E-state index in [-0.39, 0.29) is 0 Å². The maximum atomic E-state index is 5.97. The van der Waals surface area contributed by atoms with E-state index < -0.39 is 0 Å². The summed E-state index contributed by atoms with van der Waals surface area (Å²) in [6.45, 7) is 12.7. The van der Waals surface area contributed by atoms with E-state index in [1.54, 1.807) is 0 Å². The highest BCUT2D eigenvalue weighted by molar-refractivity contribution is 4.82. The van der Waals surface area contributed by atoms with E-state index in [0.29, 0.717) is 5.41 Å². The largest absolute Gasteiger partial charge is 0.330 e. The maximum Gasteiger partial charge on any atom is -0.00462 e. The van der Waals surface area contributed by atoms with Crippen molar-refractivity contribution in [2.24, 2.45) is 34.8 Å². The van der Waals surface area contributed by atoms with Crippen LogP contribution < -0.4 is 5.73 Å². The van der Waals surface area contributed by atoms with E-state index in [1.165, 1.54) is 38.5 Å². The van der Waals surface area contributed by atoms with Crippen molar-refractivity contribution in [3.05, 3.63) is 0 Å². The average Bonchev–Trinajstić information content (AvgIpc) is 2.27. The van der Waals surface area contributed by atoms with E-state index in [0.717, 1.165) is 30.2 Å². The van der Waals surface area contributed by atoms with Crippen molar-refractivity contribution in [3.8, 4) is 0 Å². The molecule has 108 valence electrons. The standard InChI is InChI=1S/C17H35N/c1-13(2)14-8-9-16(12-18)15(11-14)7-6-10-17(3,4)5/h13-16H,6-12,18H2,1-5H3. The van der Waals surface area contributed by atoms with Crippen LogP contribution in [0.2, 0.25) is 0 Å². The van der Waals surface area contributed by atoms with Gasteiger partial charge in [0.1, 0.15) is 0 Å². The van der Waals surface area contributed by atoms with E-state index in [1.807, 2.05) is 0 Å². The Bertz CT molecular complexity index is 226. The Hall–Kier alpha value is -0.0400. The third kappa shape index (κ3) is 5.30. The lowest BCUT2D eigenvalue weighted by Crippen LogP contribution is -2.32. The Kier molecular flexibility index (Phi) is 6.17. The van der Waals surface area contributed by atoms with Crippen LogP contribution in [0, 0.1) is 29.1 Å². The fourth-order valence-corrected chi connectivity index (χ4v) is 3.53. The highest BCUT2D eigenvalue weighted by atomic mass is 14.6. The van der Waals surface area contributed by atoms with Crippen molar-refractivity contribution in [2.75, 3.05) is 6.54 Å². The van der Waals surface area contributed by atoms with Crippen molar-refractivity contribution in [1.82, 2.24) is 0 Å². The van der Waals surface area contributed by atoms with Gasteiger partial charge in [0.2, 0.25) is 0 Å². The summed E-state index contributed by atoms with van der Waals surface area (Å²) in [6.07, 6.45) is 8.36. The van der Waals surface area contributed by atoms with Crippen LogP contribution in [0.25, 0.3) is 0 Å². The van der Waals surface area contributed by atoms with Crippen LogP contribution in [0.15, 0.2) is 0 Å². The first-order chi connectivity index (χ1) is 8.33. The van der Waals surface area contributed by atoms with Crippen molar-refractivity contribution in [2.45, 2.75) is 73.1 Å². The molecule has 0 spiro atoms. The van der Waals surface area contributed by atoms with E-state index in [9.17, 15) is 0 Å². The molecule has 1 rings (SSSR count). The first-order valence-electron chi connectivity index (χ1n) is 8.03. The van der Waals surface area contributed by atoms with Gasteiger partial charge in [-0.3, -0.25) is 0 Å². The van der Waals surface area contributed by atoms with Gasteiger partial charge in [-0.1, -0.05) is 47.5 Å². The van der Waals surface area contributed by atoms with Crippen LogP contribution in [0.5, 0.6) is 0 Å². The zero-order valence-corrected chi connectivity index (χ0v) is 13.3. The number of rotatable bonds is 5. The number of hydrogen-bond donors (Lipinski definition) is 1. The van der Waals surface area contributed by atoms with Gasteiger partial charge >= 0.3 is 0 Å². The topological polar surface area (TPSA) is 26.0 Å². The quantitative estimate of drug-likeness (QED) is 0.744. The summed E-state index contributed by atoms with van der Waals surface area (Å²) in [5.41, 5.74) is 6.46. The molecule has 0 heterocycles. The van der Waals surface area contributed by atoms with Gasteiger partial charge in [0, 0.05) is 0 Å². The normalized spacial score (nSPS) is 29.8. The fourth-order valence-electron chi connectivity index (χ4n) is 3.53. The van der Waals surface area contributed by atoms with Crippen molar-refractivity contribution in [1.29, 1.82) is 0 Å². The minimum atomic E-state index is 0.490. The average molecular weight is 253 g/mol. The molecule has 0 aromatic rings. The van der Waals surface area contributed by atoms with Gasteiger partial charge in [-0.25, -0.2) is 0 Å². The summed E-state index contributed by atoms with van der Waals surface area (Å²) < 4.78 is 0. The predicted molar refractivity (Wildman–Crippen MR) is 81.5 cm³/mol. The summed E-state index contributed by atoms with van der Waals surface area (Å²) >= 11 is 0. The number of hydrogen-bond acceptors (Lipinski definition) is 1. The van der Waals surface area contributed by atoms with Gasteiger partial charge in [0.15, 0.2) is 0 Å². The Labute approximate surface area is 115 Å². The Morgan fingerprint density at radius 3 is 2.28 bits per heavy atom. The number of nitrogens with two attached hydrogens (primary N) is 1. The molecule has 1 nitrogen and oxygen atoms in total. The minimum absolute atomic E-state index is 0.490. The highest BCUT2D eigenvalue weighted by Gasteiger charge is 2.30. The lowest BCUT2D eigenvalue weighted by atomic mass is 9.68. The summed E-state index contributed by atoms with van der Waals surface area (Å²) in [5, 5.41) is 0. The fraction of sp³-hybridized carbons (Fsp3) is 1.00. The smallest absolute Gasteiger partial charge is 0.00462 e. The first-order valence-corrected chi connectivity index (χ1v) is 8.03. The van der Waals surface area contributed by atoms with E-state index >= 15 is 0 Å². The molecule has 1 aliphatic carbocycles. The first kappa shape index (κ1) is 16.0. The lowest BCUT2D eigenvalue weighted by molar-refractivity contribution is 0.138. The second kappa shape index (κ2) is 6.93. The van der Waals surface area contributed by atoms with Crippen molar-refractivity contribution >= 4 is 0 Å². The lowest BCUT2D eigenvalue weighted by Gasteiger charge is -2.38. The van der Waals surface area contributed by atoms with Crippen LogP contribution in [-0.4, -0.2) is 6.54 Å². The minimum Gasteiger partial charge on any atom is -0.330 e.